The molecule has 0 saturated carbocycles. The van der Waals surface area contributed by atoms with Crippen molar-refractivity contribution in [2.45, 2.75) is 38.8 Å². The molecule has 1 heterocycles. The standard InChI is InChI=1S/C12H18O4/c1-5-9-10(16-12(3,4)15-9)7-8-11(13)14-6-2/h5,7-10H,1,6H2,2-4H3/b8-7-/t9-,10+/m1/s1. The van der Waals surface area contributed by atoms with Crippen molar-refractivity contribution in [1.82, 2.24) is 0 Å². The van der Waals surface area contributed by atoms with E-state index in [1.807, 2.05) is 13.8 Å². The quantitative estimate of drug-likeness (QED) is 0.416. The minimum Gasteiger partial charge on any atom is -0.463 e. The summed E-state index contributed by atoms with van der Waals surface area (Å²) in [6.07, 6.45) is 4.13. The highest BCUT2D eigenvalue weighted by Gasteiger charge is 2.38. The van der Waals surface area contributed by atoms with E-state index in [9.17, 15) is 4.79 Å². The Morgan fingerprint density at radius 1 is 1.44 bits per heavy atom. The normalized spacial score (nSPS) is 28.2. The summed E-state index contributed by atoms with van der Waals surface area (Å²) in [5.74, 6) is -1.03. The number of hydrogen-bond acceptors (Lipinski definition) is 4. The molecule has 0 spiro atoms. The zero-order chi connectivity index (χ0) is 12.2. The number of esters is 1. The fourth-order valence-corrected chi connectivity index (χ4v) is 1.51. The average molecular weight is 226 g/mol. The van der Waals surface area contributed by atoms with Crippen LogP contribution in [0.2, 0.25) is 0 Å². The van der Waals surface area contributed by atoms with Gasteiger partial charge in [-0.3, -0.25) is 0 Å². The molecule has 2 atom stereocenters. The van der Waals surface area contributed by atoms with E-state index in [2.05, 4.69) is 6.58 Å². The zero-order valence-corrected chi connectivity index (χ0v) is 9.93. The molecule has 1 rings (SSSR count). The fourth-order valence-electron chi connectivity index (χ4n) is 1.51. The first-order valence-corrected chi connectivity index (χ1v) is 5.31. The van der Waals surface area contributed by atoms with Crippen molar-refractivity contribution in [3.63, 3.8) is 0 Å². The number of carbonyl (C=O) groups is 1. The molecule has 0 aromatic heterocycles. The van der Waals surface area contributed by atoms with Gasteiger partial charge in [-0.25, -0.2) is 4.79 Å². The van der Waals surface area contributed by atoms with Crippen molar-refractivity contribution in [3.05, 3.63) is 24.8 Å². The van der Waals surface area contributed by atoms with Crippen LogP contribution in [-0.4, -0.2) is 30.6 Å². The summed E-state index contributed by atoms with van der Waals surface area (Å²) in [5.41, 5.74) is 0. The SMILES string of the molecule is C=C[C@H]1OC(C)(C)O[C@H]1/C=C\C(=O)OCC. The van der Waals surface area contributed by atoms with E-state index in [4.69, 9.17) is 14.2 Å². The van der Waals surface area contributed by atoms with Crippen molar-refractivity contribution in [2.24, 2.45) is 0 Å². The van der Waals surface area contributed by atoms with Crippen molar-refractivity contribution in [3.8, 4) is 0 Å². The Hall–Kier alpha value is -1.13. The molecule has 1 aliphatic rings. The lowest BCUT2D eigenvalue weighted by Gasteiger charge is -2.15. The molecular weight excluding hydrogens is 208 g/mol. The van der Waals surface area contributed by atoms with Gasteiger partial charge >= 0.3 is 5.97 Å². The van der Waals surface area contributed by atoms with Crippen LogP contribution in [0.1, 0.15) is 20.8 Å². The number of rotatable bonds is 4. The molecule has 0 aromatic rings. The molecule has 1 fully saturated rings. The van der Waals surface area contributed by atoms with Crippen LogP contribution in [-0.2, 0) is 19.0 Å². The molecule has 16 heavy (non-hydrogen) atoms. The molecule has 0 aromatic carbocycles. The molecule has 0 amide bonds. The maximum atomic E-state index is 11.1. The van der Waals surface area contributed by atoms with Crippen LogP contribution >= 0.6 is 0 Å². The first-order chi connectivity index (χ1) is 7.48. The minimum atomic E-state index is -0.650. The summed E-state index contributed by atoms with van der Waals surface area (Å²) in [4.78, 5) is 11.1. The summed E-state index contributed by atoms with van der Waals surface area (Å²) in [7, 11) is 0. The van der Waals surface area contributed by atoms with Crippen LogP contribution in [0.3, 0.4) is 0 Å². The fraction of sp³-hybridized carbons (Fsp3) is 0.583. The third kappa shape index (κ3) is 3.47. The lowest BCUT2D eigenvalue weighted by Crippen LogP contribution is -2.20. The minimum absolute atomic E-state index is 0.235. The summed E-state index contributed by atoms with van der Waals surface area (Å²) in [6.45, 7) is 9.43. The Kier molecular flexibility index (Phi) is 4.26. The smallest absolute Gasteiger partial charge is 0.330 e. The van der Waals surface area contributed by atoms with Crippen LogP contribution in [0.4, 0.5) is 0 Å². The Morgan fingerprint density at radius 3 is 2.62 bits per heavy atom. The van der Waals surface area contributed by atoms with E-state index in [0.717, 1.165) is 0 Å². The van der Waals surface area contributed by atoms with E-state index < -0.39 is 5.79 Å². The van der Waals surface area contributed by atoms with Gasteiger partial charge < -0.3 is 14.2 Å². The second kappa shape index (κ2) is 5.27. The highest BCUT2D eigenvalue weighted by molar-refractivity contribution is 5.81. The van der Waals surface area contributed by atoms with E-state index in [1.54, 1.807) is 19.1 Å². The molecule has 0 radical (unpaired) electrons. The van der Waals surface area contributed by atoms with Gasteiger partial charge in [-0.15, -0.1) is 6.58 Å². The Labute approximate surface area is 95.9 Å². The Balaban J connectivity index is 2.59. The van der Waals surface area contributed by atoms with E-state index >= 15 is 0 Å². The number of carbonyl (C=O) groups excluding carboxylic acids is 1. The lowest BCUT2D eigenvalue weighted by molar-refractivity contribution is -0.140. The molecule has 0 unspecified atom stereocenters. The van der Waals surface area contributed by atoms with Crippen molar-refractivity contribution < 1.29 is 19.0 Å². The summed E-state index contributed by atoms with van der Waals surface area (Å²) in [6, 6.07) is 0. The molecule has 4 heteroatoms. The maximum Gasteiger partial charge on any atom is 0.330 e. The highest BCUT2D eigenvalue weighted by Crippen LogP contribution is 2.29. The van der Waals surface area contributed by atoms with Gasteiger partial charge in [0.2, 0.25) is 0 Å². The van der Waals surface area contributed by atoms with Crippen LogP contribution in [0.25, 0.3) is 0 Å². The van der Waals surface area contributed by atoms with E-state index in [0.29, 0.717) is 6.61 Å². The molecule has 0 N–H and O–H groups in total. The van der Waals surface area contributed by atoms with Crippen LogP contribution in [0.15, 0.2) is 24.8 Å². The average Bonchev–Trinajstić information content (AvgIpc) is 2.51. The topological polar surface area (TPSA) is 44.8 Å². The molecule has 90 valence electrons. The zero-order valence-electron chi connectivity index (χ0n) is 9.93. The second-order valence-corrected chi connectivity index (χ2v) is 3.91. The molecular formula is C12H18O4. The summed E-state index contributed by atoms with van der Waals surface area (Å²) in [5, 5.41) is 0. The molecule has 0 aliphatic carbocycles. The maximum absolute atomic E-state index is 11.1. The van der Waals surface area contributed by atoms with Crippen molar-refractivity contribution in [2.75, 3.05) is 6.61 Å². The van der Waals surface area contributed by atoms with Gasteiger partial charge in [-0.1, -0.05) is 6.08 Å². The number of hydrogen-bond donors (Lipinski definition) is 0. The van der Waals surface area contributed by atoms with Crippen LogP contribution < -0.4 is 0 Å². The van der Waals surface area contributed by atoms with Gasteiger partial charge in [-0.2, -0.15) is 0 Å². The van der Waals surface area contributed by atoms with Gasteiger partial charge in [0.15, 0.2) is 5.79 Å². The van der Waals surface area contributed by atoms with E-state index in [-0.39, 0.29) is 18.2 Å². The predicted octanol–water partition coefficient (Wildman–Crippen LogP) is 1.81. The van der Waals surface area contributed by atoms with Crippen molar-refractivity contribution >= 4 is 5.97 Å². The van der Waals surface area contributed by atoms with Crippen LogP contribution in [0, 0.1) is 0 Å². The molecule has 0 bridgehead atoms. The first-order valence-electron chi connectivity index (χ1n) is 5.31. The monoisotopic (exact) mass is 226 g/mol. The van der Waals surface area contributed by atoms with Crippen LogP contribution in [0.5, 0.6) is 0 Å². The first kappa shape index (κ1) is 12.9. The molecule has 4 nitrogen and oxygen atoms in total. The lowest BCUT2D eigenvalue weighted by atomic mass is 10.2. The van der Waals surface area contributed by atoms with Gasteiger partial charge in [0.05, 0.1) is 6.61 Å². The largest absolute Gasteiger partial charge is 0.463 e. The summed E-state index contributed by atoms with van der Waals surface area (Å²) >= 11 is 0. The summed E-state index contributed by atoms with van der Waals surface area (Å²) < 4.78 is 15.9. The molecule has 1 saturated heterocycles. The van der Waals surface area contributed by atoms with Crippen molar-refractivity contribution in [1.29, 1.82) is 0 Å². The Morgan fingerprint density at radius 2 is 2.06 bits per heavy atom. The van der Waals surface area contributed by atoms with Gasteiger partial charge in [0.25, 0.3) is 0 Å². The number of ether oxygens (including phenoxy) is 3. The van der Waals surface area contributed by atoms with Gasteiger partial charge in [0, 0.05) is 6.08 Å². The van der Waals surface area contributed by atoms with Gasteiger partial charge in [0.1, 0.15) is 12.2 Å². The molecule has 1 aliphatic heterocycles. The third-order valence-electron chi connectivity index (χ3n) is 2.10. The second-order valence-electron chi connectivity index (χ2n) is 3.91. The van der Waals surface area contributed by atoms with E-state index in [1.165, 1.54) is 6.08 Å². The van der Waals surface area contributed by atoms with Gasteiger partial charge in [-0.05, 0) is 26.8 Å². The predicted molar refractivity (Wildman–Crippen MR) is 59.8 cm³/mol. The third-order valence-corrected chi connectivity index (χ3v) is 2.10. The Bertz CT molecular complexity index is 293. The highest BCUT2D eigenvalue weighted by atomic mass is 16.7.